The number of halogens is 2. The number of hydrogen-bond donors (Lipinski definition) is 2. The highest BCUT2D eigenvalue weighted by Crippen LogP contribution is 2.42. The Kier molecular flexibility index (Phi) is 13.9. The van der Waals surface area contributed by atoms with E-state index < -0.39 is 17.2 Å². The van der Waals surface area contributed by atoms with Crippen molar-refractivity contribution in [2.45, 2.75) is 64.8 Å². The fourth-order valence-electron chi connectivity index (χ4n) is 8.41. The van der Waals surface area contributed by atoms with E-state index >= 15 is 0 Å². The molecule has 2 aliphatic carbocycles. The maximum Gasteiger partial charge on any atom is 0.410 e. The molecular weight excluding hydrogens is 932 g/mol. The summed E-state index contributed by atoms with van der Waals surface area (Å²) < 4.78 is 12.7. The van der Waals surface area contributed by atoms with Crippen molar-refractivity contribution < 1.29 is 34.1 Å². The van der Waals surface area contributed by atoms with Gasteiger partial charge in [0.05, 0.1) is 35.7 Å². The smallest absolute Gasteiger partial charge is 0.410 e. The summed E-state index contributed by atoms with van der Waals surface area (Å²) in [5, 5.41) is 20.0. The van der Waals surface area contributed by atoms with Crippen LogP contribution in [-0.2, 0) is 14.3 Å². The lowest BCUT2D eigenvalue weighted by molar-refractivity contribution is -0.130. The van der Waals surface area contributed by atoms with Crippen LogP contribution in [0.1, 0.15) is 98.4 Å². The number of ether oxygens (including phenoxy) is 2. The highest BCUT2D eigenvalue weighted by Gasteiger charge is 2.37. The van der Waals surface area contributed by atoms with E-state index in [0.29, 0.717) is 63.6 Å². The molecule has 2 amide bonds. The quantitative estimate of drug-likeness (QED) is 0.202. The standard InChI is InChI=1S/C24H26BrN3O4.C24H28BrN3O3/c1-24(2,3)32-23(31)28-10-8-27(9-11-28)21-17-7-5-4-6-15(17)12-19(22(29)30)18-13-16(25)14-26-20(18)21;1-24(2,3)31-23(30)28-10-8-27(9-11-28)22-19-7-5-4-6-16(19)12-17(15-29)20-13-18(25)14-26-21(20)22/h4-7,12-14,21H,8-11H2,1-3H3,(H,29,30);4-7,12-14,22,29H,8-11,15H2,1-3H3. The number of amides is 2. The van der Waals surface area contributed by atoms with Gasteiger partial charge in [0, 0.05) is 84.8 Å². The lowest BCUT2D eigenvalue weighted by Crippen LogP contribution is -2.51. The number of carboxylic acid groups (broad SMARTS) is 1. The van der Waals surface area contributed by atoms with Crippen LogP contribution in [0, 0.1) is 0 Å². The van der Waals surface area contributed by atoms with Crippen molar-refractivity contribution in [3.05, 3.63) is 127 Å². The Labute approximate surface area is 385 Å². The highest BCUT2D eigenvalue weighted by molar-refractivity contribution is 9.10. The van der Waals surface area contributed by atoms with Crippen molar-refractivity contribution in [3.8, 4) is 0 Å². The number of aliphatic carboxylic acids is 1. The van der Waals surface area contributed by atoms with Gasteiger partial charge in [-0.3, -0.25) is 19.8 Å². The Balaban J connectivity index is 0.000000189. The minimum Gasteiger partial charge on any atom is -0.478 e. The minimum atomic E-state index is -0.989. The third-order valence-electron chi connectivity index (χ3n) is 11.2. The first-order valence-corrected chi connectivity index (χ1v) is 22.7. The number of carbonyl (C=O) groups is 3. The highest BCUT2D eigenvalue weighted by atomic mass is 79.9. The third-order valence-corrected chi connectivity index (χ3v) is 12.1. The van der Waals surface area contributed by atoms with Gasteiger partial charge in [-0.25, -0.2) is 14.4 Å². The van der Waals surface area contributed by atoms with Crippen LogP contribution < -0.4 is 0 Å². The van der Waals surface area contributed by atoms with Gasteiger partial charge in [0.2, 0.25) is 0 Å². The summed E-state index contributed by atoms with van der Waals surface area (Å²) in [6.45, 7) is 16.1. The number of rotatable bonds is 4. The average molecular weight is 987 g/mol. The zero-order valence-electron chi connectivity index (χ0n) is 36.5. The number of nitrogens with zero attached hydrogens (tertiary/aromatic N) is 6. The van der Waals surface area contributed by atoms with Gasteiger partial charge in [0.15, 0.2) is 0 Å². The molecule has 8 rings (SSSR count). The van der Waals surface area contributed by atoms with Crippen molar-refractivity contribution in [2.75, 3.05) is 59.0 Å². The number of piperazine rings is 2. The summed E-state index contributed by atoms with van der Waals surface area (Å²) in [4.78, 5) is 54.7. The van der Waals surface area contributed by atoms with Gasteiger partial charge in [-0.15, -0.1) is 0 Å². The van der Waals surface area contributed by atoms with Crippen LogP contribution in [0.15, 0.2) is 82.0 Å². The number of aliphatic hydroxyl groups excluding tert-OH is 1. The molecule has 2 fully saturated rings. The maximum atomic E-state index is 12.5. The number of benzene rings is 2. The molecule has 13 nitrogen and oxygen atoms in total. The van der Waals surface area contributed by atoms with E-state index in [1.165, 1.54) is 0 Å². The van der Waals surface area contributed by atoms with Crippen molar-refractivity contribution >= 4 is 73.3 Å². The fourth-order valence-corrected chi connectivity index (χ4v) is 9.07. The summed E-state index contributed by atoms with van der Waals surface area (Å²) >= 11 is 6.97. The topological polar surface area (TPSA) is 149 Å². The molecule has 4 aromatic rings. The summed E-state index contributed by atoms with van der Waals surface area (Å²) in [5.41, 5.74) is 7.33. The minimum absolute atomic E-state index is 0.0552. The number of aliphatic hydroxyl groups is 1. The molecule has 15 heteroatoms. The first-order valence-electron chi connectivity index (χ1n) is 21.1. The molecule has 2 unspecified atom stereocenters. The van der Waals surface area contributed by atoms with Crippen LogP contribution in [0.25, 0.3) is 23.3 Å². The predicted octanol–water partition coefficient (Wildman–Crippen LogP) is 8.76. The maximum absolute atomic E-state index is 12.5. The van der Waals surface area contributed by atoms with Crippen molar-refractivity contribution in [1.29, 1.82) is 0 Å². The lowest BCUT2D eigenvalue weighted by Gasteiger charge is -2.40. The number of fused-ring (bicyclic) bond motifs is 4. The van der Waals surface area contributed by atoms with Crippen LogP contribution in [-0.4, -0.2) is 128 Å². The van der Waals surface area contributed by atoms with Crippen molar-refractivity contribution in [3.63, 3.8) is 0 Å². The monoisotopic (exact) mass is 984 g/mol. The predicted molar refractivity (Wildman–Crippen MR) is 250 cm³/mol. The number of hydrogen-bond acceptors (Lipinski definition) is 10. The van der Waals surface area contributed by atoms with Gasteiger partial charge in [-0.05, 0) is 126 Å². The molecule has 2 saturated heterocycles. The molecule has 0 spiro atoms. The molecule has 2 aromatic heterocycles. The first kappa shape index (κ1) is 46.1. The lowest BCUT2D eigenvalue weighted by atomic mass is 9.95. The Hall–Kier alpha value is -4.93. The molecule has 332 valence electrons. The van der Waals surface area contributed by atoms with Crippen LogP contribution in [0.4, 0.5) is 9.59 Å². The van der Waals surface area contributed by atoms with Gasteiger partial charge in [0.1, 0.15) is 11.2 Å². The summed E-state index contributed by atoms with van der Waals surface area (Å²) in [6, 6.07) is 19.7. The van der Waals surface area contributed by atoms with E-state index in [1.54, 1.807) is 22.1 Å². The number of carboxylic acids is 1. The zero-order valence-corrected chi connectivity index (χ0v) is 39.6. The molecule has 2 aliphatic heterocycles. The summed E-state index contributed by atoms with van der Waals surface area (Å²) in [5.74, 6) is -0.989. The van der Waals surface area contributed by atoms with Gasteiger partial charge in [-0.2, -0.15) is 0 Å². The number of pyridine rings is 2. The van der Waals surface area contributed by atoms with E-state index in [2.05, 4.69) is 64.9 Å². The van der Waals surface area contributed by atoms with Crippen molar-refractivity contribution in [1.82, 2.24) is 29.6 Å². The molecule has 4 heterocycles. The molecule has 0 bridgehead atoms. The Bertz CT molecular complexity index is 2430. The van der Waals surface area contributed by atoms with Crippen LogP contribution in [0.3, 0.4) is 0 Å². The molecule has 63 heavy (non-hydrogen) atoms. The number of aromatic nitrogens is 2. The SMILES string of the molecule is CC(C)(C)OC(=O)N1CCN(C2c3ccccc3C=C(C(=O)O)c3cc(Br)cnc32)CC1.CC(C)(C)OC(=O)N1CCN(C2c3ccccc3C=C(CO)c3cc(Br)cnc32)CC1. The molecule has 0 saturated carbocycles. The average Bonchev–Trinajstić information content (AvgIpc) is 3.47. The summed E-state index contributed by atoms with van der Waals surface area (Å²) in [6.07, 6.45) is 6.72. The molecule has 2 N–H and O–H groups in total. The molecule has 4 aliphatic rings. The molecule has 0 radical (unpaired) electrons. The molecule has 2 atom stereocenters. The van der Waals surface area contributed by atoms with Crippen LogP contribution in [0.5, 0.6) is 0 Å². The second-order valence-electron chi connectivity index (χ2n) is 17.9. The molecule has 2 aromatic carbocycles. The Morgan fingerprint density at radius 3 is 1.49 bits per heavy atom. The van der Waals surface area contributed by atoms with Crippen LogP contribution in [0.2, 0.25) is 0 Å². The van der Waals surface area contributed by atoms with E-state index in [1.807, 2.05) is 96.3 Å². The molecular formula is C48H54Br2N6O7. The van der Waals surface area contributed by atoms with Crippen LogP contribution >= 0.6 is 31.9 Å². The van der Waals surface area contributed by atoms with Gasteiger partial charge < -0.3 is 29.5 Å². The largest absolute Gasteiger partial charge is 0.478 e. The van der Waals surface area contributed by atoms with E-state index in [-0.39, 0.29) is 36.5 Å². The van der Waals surface area contributed by atoms with Gasteiger partial charge in [0.25, 0.3) is 0 Å². The second kappa shape index (κ2) is 19.0. The van der Waals surface area contributed by atoms with Gasteiger partial charge >= 0.3 is 18.2 Å². The third kappa shape index (κ3) is 10.7. The summed E-state index contributed by atoms with van der Waals surface area (Å²) in [7, 11) is 0. The van der Waals surface area contributed by atoms with E-state index in [4.69, 9.17) is 14.5 Å². The van der Waals surface area contributed by atoms with Crippen molar-refractivity contribution in [2.24, 2.45) is 0 Å². The first-order chi connectivity index (χ1) is 29.9. The van der Waals surface area contributed by atoms with E-state index in [9.17, 15) is 24.6 Å². The fraction of sp³-hybridized carbons (Fsp3) is 0.396. The van der Waals surface area contributed by atoms with E-state index in [0.717, 1.165) is 48.0 Å². The Morgan fingerprint density at radius 2 is 1.06 bits per heavy atom. The number of carbonyl (C=O) groups excluding carboxylic acids is 2. The second-order valence-corrected chi connectivity index (χ2v) is 19.8. The Morgan fingerprint density at radius 1 is 0.651 bits per heavy atom. The van der Waals surface area contributed by atoms with Gasteiger partial charge in [-0.1, -0.05) is 48.5 Å². The zero-order chi connectivity index (χ0) is 45.2. The normalized spacial score (nSPS) is 19.0.